The lowest BCUT2D eigenvalue weighted by Gasteiger charge is -2.27. The fourth-order valence-electron chi connectivity index (χ4n) is 3.27. The van der Waals surface area contributed by atoms with Crippen LogP contribution in [0, 0.1) is 5.92 Å². The van der Waals surface area contributed by atoms with Crippen LogP contribution in [-0.2, 0) is 9.47 Å². The first-order valence-electron chi connectivity index (χ1n) is 10.9. The monoisotopic (exact) mass is 492 g/mol. The van der Waals surface area contributed by atoms with Crippen molar-refractivity contribution in [2.75, 3.05) is 18.6 Å². The van der Waals surface area contributed by atoms with Gasteiger partial charge < -0.3 is 19.9 Å². The first-order chi connectivity index (χ1) is 15.7. The Bertz CT molecular complexity index is 1020. The highest BCUT2D eigenvalue weighted by Crippen LogP contribution is 2.31. The Morgan fingerprint density at radius 1 is 1.15 bits per heavy atom. The first kappa shape index (κ1) is 27.3. The van der Waals surface area contributed by atoms with Gasteiger partial charge in [-0.05, 0) is 64.3 Å². The molecule has 0 bridgehead atoms. The molecule has 2 N–H and O–H groups in total. The molecule has 1 heterocycles. The van der Waals surface area contributed by atoms with Gasteiger partial charge in [0.05, 0.1) is 17.8 Å². The lowest BCUT2D eigenvalue weighted by molar-refractivity contribution is 0.0573. The number of carbonyl (C=O) groups excluding carboxylic acids is 2. The van der Waals surface area contributed by atoms with Gasteiger partial charge in [-0.1, -0.05) is 25.4 Å². The maximum Gasteiger partial charge on any atom is 0.427 e. The largest absolute Gasteiger partial charge is 0.490 e. The molecule has 34 heavy (non-hydrogen) atoms. The molecule has 0 saturated heterocycles. The number of amides is 2. The van der Waals surface area contributed by atoms with E-state index in [-0.39, 0.29) is 5.95 Å². The van der Waals surface area contributed by atoms with E-state index in [4.69, 9.17) is 31.5 Å². The Morgan fingerprint density at radius 2 is 1.82 bits per heavy atom. The number of anilines is 1. The molecule has 0 radical (unpaired) electrons. The first-order valence-corrected chi connectivity index (χ1v) is 11.3. The van der Waals surface area contributed by atoms with Crippen LogP contribution in [0.2, 0.25) is 5.02 Å². The highest BCUT2D eigenvalue weighted by Gasteiger charge is 2.32. The number of benzene rings is 1. The Balaban J connectivity index is 2.29. The van der Waals surface area contributed by atoms with Gasteiger partial charge in [0.25, 0.3) is 0 Å². The van der Waals surface area contributed by atoms with Crippen LogP contribution in [0.15, 0.2) is 30.5 Å². The fraction of sp³-hybridized carbons (Fsp3) is 0.500. The third-order valence-electron chi connectivity index (χ3n) is 4.44. The summed E-state index contributed by atoms with van der Waals surface area (Å²) in [6, 6.07) is 6.78. The predicted octanol–water partition coefficient (Wildman–Crippen LogP) is 5.45. The molecule has 0 spiro atoms. The van der Waals surface area contributed by atoms with Crippen LogP contribution < -0.4 is 15.4 Å². The van der Waals surface area contributed by atoms with Crippen LogP contribution in [0.4, 0.5) is 15.5 Å². The van der Waals surface area contributed by atoms with E-state index in [0.717, 1.165) is 13.5 Å². The topological polar surface area (TPSA) is 117 Å². The average Bonchev–Trinajstić information content (AvgIpc) is 2.70. The molecule has 0 aliphatic carbocycles. The highest BCUT2D eigenvalue weighted by atomic mass is 35.5. The van der Waals surface area contributed by atoms with Crippen molar-refractivity contribution in [1.82, 2.24) is 9.97 Å². The van der Waals surface area contributed by atoms with Gasteiger partial charge in [-0.15, -0.1) is 4.90 Å². The number of nitrogens with zero attached hydrogens (tertiary/aromatic N) is 3. The van der Waals surface area contributed by atoms with Gasteiger partial charge in [0.1, 0.15) is 18.0 Å². The molecule has 9 nitrogen and oxygen atoms in total. The van der Waals surface area contributed by atoms with Gasteiger partial charge in [-0.3, -0.25) is 0 Å². The lowest BCUT2D eigenvalue weighted by atomic mass is 9.93. The van der Waals surface area contributed by atoms with Crippen LogP contribution >= 0.6 is 11.6 Å². The normalized spacial score (nSPS) is 13.2. The maximum absolute atomic E-state index is 12.6. The van der Waals surface area contributed by atoms with E-state index in [1.165, 1.54) is 6.20 Å². The van der Waals surface area contributed by atoms with Crippen molar-refractivity contribution < 1.29 is 23.8 Å². The molecule has 0 aliphatic heterocycles. The second kappa shape index (κ2) is 11.0. The van der Waals surface area contributed by atoms with E-state index >= 15 is 0 Å². The second-order valence-electron chi connectivity index (χ2n) is 9.71. The molecule has 2 amide bonds. The molecule has 186 valence electrons. The third-order valence-corrected chi connectivity index (χ3v) is 4.73. The van der Waals surface area contributed by atoms with Gasteiger partial charge in [0.15, 0.2) is 0 Å². The quantitative estimate of drug-likeness (QED) is 0.542. The molecule has 0 aliphatic rings. The zero-order valence-electron chi connectivity index (χ0n) is 20.7. The molecule has 2 aromatic rings. The average molecular weight is 493 g/mol. The number of imide groups is 1. The van der Waals surface area contributed by atoms with Gasteiger partial charge in [0, 0.05) is 17.3 Å². The minimum Gasteiger partial charge on any atom is -0.490 e. The van der Waals surface area contributed by atoms with Crippen LogP contribution in [0.5, 0.6) is 5.75 Å². The molecule has 1 unspecified atom stereocenters. The summed E-state index contributed by atoms with van der Waals surface area (Å²) in [6.07, 6.45) is 0.298. The predicted molar refractivity (Wildman–Crippen MR) is 131 cm³/mol. The van der Waals surface area contributed by atoms with Crippen LogP contribution in [0.25, 0.3) is 11.3 Å². The number of hydrogen-bond donors (Lipinski definition) is 1. The summed E-state index contributed by atoms with van der Waals surface area (Å²) in [5.41, 5.74) is 6.05. The van der Waals surface area contributed by atoms with Gasteiger partial charge in [-0.2, -0.15) is 0 Å². The lowest BCUT2D eigenvalue weighted by Crippen LogP contribution is -2.43. The summed E-state index contributed by atoms with van der Waals surface area (Å²) in [6.45, 7) is 11.5. The number of rotatable bonds is 7. The molecule has 0 fully saturated rings. The highest BCUT2D eigenvalue weighted by molar-refractivity contribution is 6.32. The van der Waals surface area contributed by atoms with Crippen molar-refractivity contribution in [2.45, 2.75) is 59.1 Å². The Morgan fingerprint density at radius 3 is 2.38 bits per heavy atom. The van der Waals surface area contributed by atoms with E-state index < -0.39 is 23.3 Å². The summed E-state index contributed by atoms with van der Waals surface area (Å²) >= 11 is 6.44. The molecule has 0 saturated carbocycles. The Labute approximate surface area is 205 Å². The van der Waals surface area contributed by atoms with Gasteiger partial charge in [0.2, 0.25) is 5.95 Å². The summed E-state index contributed by atoms with van der Waals surface area (Å²) in [5.74, 6) is 0.737. The summed E-state index contributed by atoms with van der Waals surface area (Å²) in [4.78, 5) is 33.9. The van der Waals surface area contributed by atoms with Crippen molar-refractivity contribution in [3.05, 3.63) is 35.5 Å². The van der Waals surface area contributed by atoms with E-state index in [1.54, 1.807) is 45.0 Å². The van der Waals surface area contributed by atoms with Crippen molar-refractivity contribution in [3.63, 3.8) is 0 Å². The number of aromatic nitrogens is 2. The molecular formula is C24H33ClN4O5. The van der Waals surface area contributed by atoms with Crippen LogP contribution in [0.1, 0.15) is 48.0 Å². The van der Waals surface area contributed by atoms with Crippen molar-refractivity contribution in [3.8, 4) is 17.0 Å². The minimum atomic E-state index is -0.973. The zero-order valence-corrected chi connectivity index (χ0v) is 21.5. The van der Waals surface area contributed by atoms with Crippen molar-refractivity contribution >= 4 is 29.7 Å². The number of halogens is 1. The summed E-state index contributed by atoms with van der Waals surface area (Å²) < 4.78 is 15.9. The summed E-state index contributed by atoms with van der Waals surface area (Å²) in [5, 5.41) is 0.370. The maximum atomic E-state index is 12.6. The van der Waals surface area contributed by atoms with Gasteiger partial charge >= 0.3 is 12.2 Å². The van der Waals surface area contributed by atoms with Gasteiger partial charge in [-0.25, -0.2) is 19.6 Å². The molecule has 1 aromatic heterocycles. The minimum absolute atomic E-state index is 0.192. The Hall–Kier alpha value is -2.91. The van der Waals surface area contributed by atoms with Crippen molar-refractivity contribution in [1.29, 1.82) is 0 Å². The number of nitrogens with two attached hydrogens (primary N) is 1. The SMILES string of the molecule is COC(=O)N(C(=O)OC(C)(C)C)c1nccc(-c2ccc(OCC(C)(N)CC(C)C)c(Cl)c2)n1. The molecular weight excluding hydrogens is 460 g/mol. The number of hydrogen-bond acceptors (Lipinski definition) is 8. The molecule has 1 atom stereocenters. The van der Waals surface area contributed by atoms with Crippen molar-refractivity contribution in [2.24, 2.45) is 11.7 Å². The smallest absolute Gasteiger partial charge is 0.427 e. The van der Waals surface area contributed by atoms with Crippen LogP contribution in [0.3, 0.4) is 0 Å². The number of methoxy groups -OCH3 is 1. The zero-order chi connectivity index (χ0) is 25.7. The van der Waals surface area contributed by atoms with E-state index in [0.29, 0.717) is 39.5 Å². The molecule has 2 rings (SSSR count). The van der Waals surface area contributed by atoms with E-state index in [1.807, 2.05) is 6.92 Å². The number of carbonyl (C=O) groups is 2. The Kier molecular flexibility index (Phi) is 8.85. The number of ether oxygens (including phenoxy) is 3. The van der Waals surface area contributed by atoms with Crippen LogP contribution in [-0.4, -0.2) is 47.0 Å². The fourth-order valence-corrected chi connectivity index (χ4v) is 3.50. The second-order valence-corrected chi connectivity index (χ2v) is 10.1. The molecule has 1 aromatic carbocycles. The summed E-state index contributed by atoms with van der Waals surface area (Å²) in [7, 11) is 1.15. The van der Waals surface area contributed by atoms with E-state index in [9.17, 15) is 9.59 Å². The molecule has 10 heteroatoms. The standard InChI is InChI=1S/C24H33ClN4O5/c1-15(2)13-24(6,26)14-33-19-9-8-16(12-17(19)25)18-10-11-27-20(28-18)29(21(30)32-7)22(31)34-23(3,4)5/h8-12,15H,13-14,26H2,1-7H3. The van der Waals surface area contributed by atoms with E-state index in [2.05, 4.69) is 23.8 Å². The third kappa shape index (κ3) is 7.85.